The van der Waals surface area contributed by atoms with Crippen molar-refractivity contribution >= 4 is 11.9 Å². The van der Waals surface area contributed by atoms with Gasteiger partial charge in [-0.25, -0.2) is 4.79 Å². The zero-order chi connectivity index (χ0) is 21.0. The van der Waals surface area contributed by atoms with Gasteiger partial charge in [0.25, 0.3) is 0 Å². The highest BCUT2D eigenvalue weighted by Crippen LogP contribution is 2.52. The van der Waals surface area contributed by atoms with E-state index in [1.54, 1.807) is 6.07 Å². The number of hydrogen-bond donors (Lipinski definition) is 0. The maximum Gasteiger partial charge on any atom is 0.471 e. The quantitative estimate of drug-likeness (QED) is 0.699. The van der Waals surface area contributed by atoms with Crippen molar-refractivity contribution < 1.29 is 27.5 Å². The van der Waals surface area contributed by atoms with Gasteiger partial charge in [0.1, 0.15) is 0 Å². The Morgan fingerprint density at radius 3 is 2.38 bits per heavy atom. The first-order valence-corrected chi connectivity index (χ1v) is 9.92. The molecular formula is C21H25F3N2O3. The standard InChI is InChI=1S/C21H25F3N2O3/c1-13-7-14(18(27)29-2)3-4-15(13)10-25-11-20(12-25)8-17(9-20)26(16-5-6-16)19(28)21(22,23)24/h3-4,7,16-17H,5-6,8-12H2,1-2H3. The summed E-state index contributed by atoms with van der Waals surface area (Å²) in [6.07, 6.45) is -2.12. The Hall–Kier alpha value is -2.09. The van der Waals surface area contributed by atoms with Gasteiger partial charge in [-0.3, -0.25) is 9.69 Å². The highest BCUT2D eigenvalue weighted by Gasteiger charge is 2.58. The van der Waals surface area contributed by atoms with Crippen LogP contribution in [-0.2, 0) is 16.1 Å². The Morgan fingerprint density at radius 1 is 1.21 bits per heavy atom. The summed E-state index contributed by atoms with van der Waals surface area (Å²) in [4.78, 5) is 26.8. The third-order valence-corrected chi connectivity index (χ3v) is 6.42. The second-order valence-corrected chi connectivity index (χ2v) is 8.78. The van der Waals surface area contributed by atoms with Crippen molar-refractivity contribution in [3.05, 3.63) is 34.9 Å². The first-order valence-electron chi connectivity index (χ1n) is 9.92. The molecule has 0 atom stereocenters. The van der Waals surface area contributed by atoms with Gasteiger partial charge in [0.05, 0.1) is 12.7 Å². The molecule has 3 aliphatic rings. The molecule has 0 aromatic heterocycles. The zero-order valence-electron chi connectivity index (χ0n) is 16.6. The van der Waals surface area contributed by atoms with Gasteiger partial charge in [-0.2, -0.15) is 13.2 Å². The monoisotopic (exact) mass is 410 g/mol. The number of aryl methyl sites for hydroxylation is 1. The Kier molecular flexibility index (Phi) is 4.88. The predicted molar refractivity (Wildman–Crippen MR) is 99.2 cm³/mol. The summed E-state index contributed by atoms with van der Waals surface area (Å²) in [6.45, 7) is 4.36. The van der Waals surface area contributed by atoms with E-state index in [-0.39, 0.29) is 23.5 Å². The molecule has 1 amide bonds. The van der Waals surface area contributed by atoms with E-state index in [4.69, 9.17) is 4.74 Å². The van der Waals surface area contributed by atoms with Crippen LogP contribution in [0.1, 0.15) is 47.2 Å². The number of likely N-dealkylation sites (tertiary alicyclic amines) is 1. The minimum atomic E-state index is -4.79. The van der Waals surface area contributed by atoms with Crippen LogP contribution in [0.25, 0.3) is 0 Å². The highest BCUT2D eigenvalue weighted by molar-refractivity contribution is 5.89. The fraction of sp³-hybridized carbons (Fsp3) is 0.619. The first-order chi connectivity index (χ1) is 13.6. The zero-order valence-corrected chi connectivity index (χ0v) is 16.6. The number of rotatable bonds is 5. The largest absolute Gasteiger partial charge is 0.471 e. The number of ether oxygens (including phenoxy) is 1. The van der Waals surface area contributed by atoms with E-state index in [1.165, 1.54) is 7.11 Å². The predicted octanol–water partition coefficient (Wildman–Crippen LogP) is 3.30. The van der Waals surface area contributed by atoms with Crippen molar-refractivity contribution in [3.8, 4) is 0 Å². The molecule has 0 bridgehead atoms. The van der Waals surface area contributed by atoms with E-state index < -0.39 is 12.1 Å². The number of carbonyl (C=O) groups is 2. The van der Waals surface area contributed by atoms with Crippen LogP contribution >= 0.6 is 0 Å². The lowest BCUT2D eigenvalue weighted by Crippen LogP contribution is -2.67. The molecule has 5 nitrogen and oxygen atoms in total. The topological polar surface area (TPSA) is 49.9 Å². The molecule has 158 valence electrons. The number of amides is 1. The van der Waals surface area contributed by atoms with Gasteiger partial charge in [-0.15, -0.1) is 0 Å². The second kappa shape index (κ2) is 7.00. The Labute approximate surface area is 167 Å². The molecule has 1 aromatic rings. The van der Waals surface area contributed by atoms with Gasteiger partial charge in [0, 0.05) is 31.7 Å². The maximum absolute atomic E-state index is 12.9. The Bertz CT molecular complexity index is 821. The number of esters is 1. The third kappa shape index (κ3) is 3.86. The van der Waals surface area contributed by atoms with Crippen LogP contribution in [0, 0.1) is 12.3 Å². The molecule has 0 unspecified atom stereocenters. The molecule has 0 radical (unpaired) electrons. The number of alkyl halides is 3. The summed E-state index contributed by atoms with van der Waals surface area (Å²) in [5.74, 6) is -2.03. The Morgan fingerprint density at radius 2 is 1.86 bits per heavy atom. The minimum Gasteiger partial charge on any atom is -0.465 e. The van der Waals surface area contributed by atoms with Crippen LogP contribution < -0.4 is 0 Å². The van der Waals surface area contributed by atoms with Crippen molar-refractivity contribution in [2.75, 3.05) is 20.2 Å². The number of carbonyl (C=O) groups excluding carboxylic acids is 2. The summed E-state index contributed by atoms with van der Waals surface area (Å²) in [6, 6.07) is 4.98. The summed E-state index contributed by atoms with van der Waals surface area (Å²) < 4.78 is 43.5. The minimum absolute atomic E-state index is 0.0452. The molecule has 1 aromatic carbocycles. The van der Waals surface area contributed by atoms with Crippen LogP contribution in [0.15, 0.2) is 18.2 Å². The van der Waals surface area contributed by atoms with E-state index in [2.05, 4.69) is 4.90 Å². The lowest BCUT2D eigenvalue weighted by molar-refractivity contribution is -0.197. The van der Waals surface area contributed by atoms with Crippen LogP contribution in [-0.4, -0.2) is 60.1 Å². The van der Waals surface area contributed by atoms with Gasteiger partial charge in [0.15, 0.2) is 0 Å². The summed E-state index contributed by atoms with van der Waals surface area (Å²) in [7, 11) is 1.35. The van der Waals surface area contributed by atoms with Crippen LogP contribution in [0.3, 0.4) is 0 Å². The number of halogens is 3. The number of methoxy groups -OCH3 is 1. The molecule has 0 N–H and O–H groups in total. The average Bonchev–Trinajstić information content (AvgIpc) is 3.42. The molecule has 3 fully saturated rings. The van der Waals surface area contributed by atoms with E-state index in [9.17, 15) is 22.8 Å². The molecular weight excluding hydrogens is 385 g/mol. The van der Waals surface area contributed by atoms with E-state index in [0.717, 1.165) is 35.7 Å². The van der Waals surface area contributed by atoms with Gasteiger partial charge in [0.2, 0.25) is 0 Å². The molecule has 29 heavy (non-hydrogen) atoms. The molecule has 1 saturated heterocycles. The van der Waals surface area contributed by atoms with Gasteiger partial charge in [-0.05, 0) is 61.3 Å². The van der Waals surface area contributed by atoms with Crippen LogP contribution in [0.2, 0.25) is 0 Å². The van der Waals surface area contributed by atoms with Crippen molar-refractivity contribution in [3.63, 3.8) is 0 Å². The molecule has 1 spiro atoms. The van der Waals surface area contributed by atoms with Crippen molar-refractivity contribution in [1.82, 2.24) is 9.80 Å². The number of nitrogens with zero attached hydrogens (tertiary/aromatic N) is 2. The van der Waals surface area contributed by atoms with Gasteiger partial charge in [-0.1, -0.05) is 6.07 Å². The van der Waals surface area contributed by atoms with E-state index in [0.29, 0.717) is 31.2 Å². The van der Waals surface area contributed by atoms with E-state index in [1.807, 2.05) is 19.1 Å². The van der Waals surface area contributed by atoms with Crippen LogP contribution in [0.4, 0.5) is 13.2 Å². The van der Waals surface area contributed by atoms with E-state index >= 15 is 0 Å². The molecule has 2 saturated carbocycles. The average molecular weight is 410 g/mol. The summed E-state index contributed by atoms with van der Waals surface area (Å²) in [5.41, 5.74) is 2.69. The van der Waals surface area contributed by atoms with Crippen molar-refractivity contribution in [1.29, 1.82) is 0 Å². The lowest BCUT2D eigenvalue weighted by Gasteiger charge is -2.61. The number of benzene rings is 1. The molecule has 1 heterocycles. The fourth-order valence-corrected chi connectivity index (χ4v) is 4.90. The highest BCUT2D eigenvalue weighted by atomic mass is 19.4. The SMILES string of the molecule is COC(=O)c1ccc(CN2CC3(CC(N(C(=O)C(F)(F)F)C4CC4)C3)C2)c(C)c1. The van der Waals surface area contributed by atoms with Crippen LogP contribution in [0.5, 0.6) is 0 Å². The first kappa shape index (κ1) is 20.2. The van der Waals surface area contributed by atoms with Crippen molar-refractivity contribution in [2.45, 2.75) is 57.4 Å². The number of hydrogen-bond acceptors (Lipinski definition) is 4. The molecule has 1 aliphatic heterocycles. The second-order valence-electron chi connectivity index (χ2n) is 8.78. The summed E-state index contributed by atoms with van der Waals surface area (Å²) >= 11 is 0. The molecule has 4 rings (SSSR count). The van der Waals surface area contributed by atoms with Crippen molar-refractivity contribution in [2.24, 2.45) is 5.41 Å². The molecule has 2 aliphatic carbocycles. The summed E-state index contributed by atoms with van der Waals surface area (Å²) in [5, 5.41) is 0. The van der Waals surface area contributed by atoms with Gasteiger partial charge >= 0.3 is 18.1 Å². The third-order valence-electron chi connectivity index (χ3n) is 6.42. The van der Waals surface area contributed by atoms with Gasteiger partial charge < -0.3 is 9.64 Å². The Balaban J connectivity index is 1.31. The molecule has 8 heteroatoms. The smallest absolute Gasteiger partial charge is 0.465 e. The normalized spacial score (nSPS) is 21.4. The maximum atomic E-state index is 12.9. The fourth-order valence-electron chi connectivity index (χ4n) is 4.90. The lowest BCUT2D eigenvalue weighted by atomic mass is 9.60.